The van der Waals surface area contributed by atoms with E-state index in [1.54, 1.807) is 0 Å². The number of hydrogen-bond acceptors (Lipinski definition) is 4. The molecule has 3 aromatic carbocycles. The zero-order valence-electron chi connectivity index (χ0n) is 16.8. The molecule has 1 saturated heterocycles. The van der Waals surface area contributed by atoms with Gasteiger partial charge in [-0.05, 0) is 60.0 Å². The van der Waals surface area contributed by atoms with Crippen LogP contribution in [0.2, 0.25) is 5.02 Å². The third-order valence-electron chi connectivity index (χ3n) is 5.32. The molecular formula is C23H23ClN2O4S. The van der Waals surface area contributed by atoms with E-state index in [0.29, 0.717) is 31.0 Å². The number of carbonyl (C=O) groups excluding carboxylic acids is 1. The number of benzene rings is 3. The molecule has 1 aliphatic rings. The average molecular weight is 459 g/mol. The lowest BCUT2D eigenvalue weighted by molar-refractivity contribution is -0.124. The van der Waals surface area contributed by atoms with Crippen LogP contribution in [0, 0.1) is 0 Å². The van der Waals surface area contributed by atoms with Crippen molar-refractivity contribution in [1.82, 2.24) is 9.62 Å². The second kappa shape index (κ2) is 9.26. The number of sulfonamides is 1. The van der Waals surface area contributed by atoms with Gasteiger partial charge in [0.05, 0.1) is 11.4 Å². The predicted molar refractivity (Wildman–Crippen MR) is 121 cm³/mol. The van der Waals surface area contributed by atoms with Crippen molar-refractivity contribution in [3.05, 3.63) is 71.8 Å². The van der Waals surface area contributed by atoms with E-state index in [-0.39, 0.29) is 17.3 Å². The highest BCUT2D eigenvalue weighted by Crippen LogP contribution is 2.27. The Balaban J connectivity index is 1.33. The van der Waals surface area contributed by atoms with Crippen molar-refractivity contribution >= 4 is 38.3 Å². The van der Waals surface area contributed by atoms with Gasteiger partial charge in [0.2, 0.25) is 15.9 Å². The predicted octanol–water partition coefficient (Wildman–Crippen LogP) is 3.84. The molecule has 0 unspecified atom stereocenters. The van der Waals surface area contributed by atoms with Crippen molar-refractivity contribution in [3.63, 3.8) is 0 Å². The molecule has 1 amide bonds. The van der Waals surface area contributed by atoms with Gasteiger partial charge in [0.1, 0.15) is 18.4 Å². The van der Waals surface area contributed by atoms with Gasteiger partial charge in [-0.15, -0.1) is 0 Å². The molecule has 6 nitrogen and oxygen atoms in total. The Morgan fingerprint density at radius 1 is 1.06 bits per heavy atom. The average Bonchev–Trinajstić information content (AvgIpc) is 3.28. The summed E-state index contributed by atoms with van der Waals surface area (Å²) in [5.74, 6) is 0.415. The molecular weight excluding hydrogens is 436 g/mol. The van der Waals surface area contributed by atoms with Crippen LogP contribution >= 0.6 is 11.6 Å². The lowest BCUT2D eigenvalue weighted by Crippen LogP contribution is -2.46. The molecule has 0 saturated carbocycles. The topological polar surface area (TPSA) is 75.7 Å². The zero-order chi connectivity index (χ0) is 21.8. The normalized spacial score (nSPS) is 17.0. The maximum absolute atomic E-state index is 13.0. The minimum atomic E-state index is -3.76. The van der Waals surface area contributed by atoms with Gasteiger partial charge in [-0.25, -0.2) is 8.42 Å². The highest BCUT2D eigenvalue weighted by atomic mass is 35.5. The van der Waals surface area contributed by atoms with Crippen LogP contribution in [0.5, 0.6) is 5.75 Å². The molecule has 3 aromatic rings. The third-order valence-corrected chi connectivity index (χ3v) is 7.49. The first-order valence-electron chi connectivity index (χ1n) is 10.1. The molecule has 0 bridgehead atoms. The molecule has 8 heteroatoms. The fourth-order valence-electron chi connectivity index (χ4n) is 3.75. The Labute approximate surface area is 186 Å². The summed E-state index contributed by atoms with van der Waals surface area (Å²) < 4.78 is 32.9. The standard InChI is InChI=1S/C23H23ClN2O4S/c24-19-8-11-21(12-9-19)31(28,29)26-14-3-6-22(26)23(27)25-13-15-30-20-10-7-17-4-1-2-5-18(17)16-20/h1-2,4-5,7-12,16,22H,3,6,13-15H2,(H,25,27)/t22-/m1/s1. The minimum absolute atomic E-state index is 0.135. The molecule has 1 atom stereocenters. The van der Waals surface area contributed by atoms with E-state index in [0.717, 1.165) is 16.5 Å². The smallest absolute Gasteiger partial charge is 0.243 e. The van der Waals surface area contributed by atoms with Crippen LogP contribution in [0.4, 0.5) is 0 Å². The Kier molecular flexibility index (Phi) is 6.46. The highest BCUT2D eigenvalue weighted by molar-refractivity contribution is 7.89. The van der Waals surface area contributed by atoms with E-state index < -0.39 is 16.1 Å². The summed E-state index contributed by atoms with van der Waals surface area (Å²) >= 11 is 5.86. The molecule has 1 heterocycles. The van der Waals surface area contributed by atoms with Crippen molar-refractivity contribution in [3.8, 4) is 5.75 Å². The molecule has 0 aromatic heterocycles. The van der Waals surface area contributed by atoms with Crippen LogP contribution in [0.15, 0.2) is 71.6 Å². The number of nitrogens with zero attached hydrogens (tertiary/aromatic N) is 1. The molecule has 0 radical (unpaired) electrons. The van der Waals surface area contributed by atoms with Gasteiger partial charge in [-0.2, -0.15) is 4.31 Å². The number of fused-ring (bicyclic) bond motifs is 1. The Bertz CT molecular complexity index is 1180. The van der Waals surface area contributed by atoms with Gasteiger partial charge in [0.25, 0.3) is 0 Å². The Morgan fingerprint density at radius 3 is 2.58 bits per heavy atom. The molecule has 1 fully saturated rings. The number of nitrogens with one attached hydrogen (secondary N) is 1. The molecule has 162 valence electrons. The fourth-order valence-corrected chi connectivity index (χ4v) is 5.53. The van der Waals surface area contributed by atoms with Crippen LogP contribution in [0.1, 0.15) is 12.8 Å². The van der Waals surface area contributed by atoms with Gasteiger partial charge in [0, 0.05) is 11.6 Å². The van der Waals surface area contributed by atoms with Crippen LogP contribution in [-0.2, 0) is 14.8 Å². The maximum Gasteiger partial charge on any atom is 0.243 e. The van der Waals surface area contributed by atoms with E-state index in [1.165, 1.54) is 28.6 Å². The van der Waals surface area contributed by atoms with Gasteiger partial charge in [-0.1, -0.05) is 41.9 Å². The van der Waals surface area contributed by atoms with Gasteiger partial charge in [-0.3, -0.25) is 4.79 Å². The summed E-state index contributed by atoms with van der Waals surface area (Å²) in [5.41, 5.74) is 0. The zero-order valence-corrected chi connectivity index (χ0v) is 18.4. The van der Waals surface area contributed by atoms with Gasteiger partial charge >= 0.3 is 0 Å². The van der Waals surface area contributed by atoms with Crippen molar-refractivity contribution in [2.75, 3.05) is 19.7 Å². The van der Waals surface area contributed by atoms with Crippen molar-refractivity contribution in [2.45, 2.75) is 23.8 Å². The monoisotopic (exact) mass is 458 g/mol. The fraction of sp³-hybridized carbons (Fsp3) is 0.261. The van der Waals surface area contributed by atoms with Gasteiger partial charge in [0.15, 0.2) is 0 Å². The van der Waals surface area contributed by atoms with Gasteiger partial charge < -0.3 is 10.1 Å². The molecule has 1 N–H and O–H groups in total. The summed E-state index contributed by atoms with van der Waals surface area (Å²) in [6.07, 6.45) is 1.13. The van der Waals surface area contributed by atoms with E-state index in [2.05, 4.69) is 5.32 Å². The first-order valence-corrected chi connectivity index (χ1v) is 11.9. The number of hydrogen-bond donors (Lipinski definition) is 1. The largest absolute Gasteiger partial charge is 0.492 e. The maximum atomic E-state index is 13.0. The lowest BCUT2D eigenvalue weighted by Gasteiger charge is -2.23. The summed E-state index contributed by atoms with van der Waals surface area (Å²) in [5, 5.41) is 5.48. The van der Waals surface area contributed by atoms with Crippen LogP contribution in [-0.4, -0.2) is 44.4 Å². The molecule has 31 heavy (non-hydrogen) atoms. The Morgan fingerprint density at radius 2 is 1.81 bits per heavy atom. The second-order valence-electron chi connectivity index (χ2n) is 7.38. The second-order valence-corrected chi connectivity index (χ2v) is 9.70. The Hall–Kier alpha value is -2.61. The van der Waals surface area contributed by atoms with E-state index in [9.17, 15) is 13.2 Å². The SMILES string of the molecule is O=C(NCCOc1ccc2ccccc2c1)[C@H]1CCCN1S(=O)(=O)c1ccc(Cl)cc1. The summed E-state index contributed by atoms with van der Waals surface area (Å²) in [6.45, 7) is 0.897. The number of ether oxygens (including phenoxy) is 1. The number of rotatable bonds is 7. The van der Waals surface area contributed by atoms with Crippen LogP contribution < -0.4 is 10.1 Å². The lowest BCUT2D eigenvalue weighted by atomic mass is 10.1. The number of amides is 1. The molecule has 1 aliphatic heterocycles. The first-order chi connectivity index (χ1) is 14.9. The highest BCUT2D eigenvalue weighted by Gasteiger charge is 2.39. The van der Waals surface area contributed by atoms with Crippen LogP contribution in [0.3, 0.4) is 0 Å². The number of halogens is 1. The minimum Gasteiger partial charge on any atom is -0.492 e. The van der Waals surface area contributed by atoms with E-state index in [1.807, 2.05) is 42.5 Å². The summed E-state index contributed by atoms with van der Waals surface area (Å²) in [6, 6.07) is 19.1. The van der Waals surface area contributed by atoms with Crippen molar-refractivity contribution < 1.29 is 17.9 Å². The molecule has 4 rings (SSSR count). The summed E-state index contributed by atoms with van der Waals surface area (Å²) in [4.78, 5) is 12.8. The van der Waals surface area contributed by atoms with E-state index >= 15 is 0 Å². The van der Waals surface area contributed by atoms with Crippen molar-refractivity contribution in [1.29, 1.82) is 0 Å². The molecule has 0 spiro atoms. The third kappa shape index (κ3) is 4.84. The molecule has 0 aliphatic carbocycles. The van der Waals surface area contributed by atoms with Crippen LogP contribution in [0.25, 0.3) is 10.8 Å². The first kappa shape index (κ1) is 21.6. The van der Waals surface area contributed by atoms with E-state index in [4.69, 9.17) is 16.3 Å². The summed E-state index contributed by atoms with van der Waals surface area (Å²) in [7, 11) is -3.76. The number of carbonyl (C=O) groups is 1. The van der Waals surface area contributed by atoms with Crippen molar-refractivity contribution in [2.24, 2.45) is 0 Å². The quantitative estimate of drug-likeness (QED) is 0.546.